The van der Waals surface area contributed by atoms with Gasteiger partial charge < -0.3 is 10.1 Å². The fraction of sp³-hybridized carbons (Fsp3) is 0.105. The molecule has 0 aliphatic heterocycles. The molecule has 0 radical (unpaired) electrons. The van der Waals surface area contributed by atoms with Gasteiger partial charge in [0, 0.05) is 6.54 Å². The monoisotopic (exact) mass is 331 g/mol. The summed E-state index contributed by atoms with van der Waals surface area (Å²) in [5, 5.41) is 8.71. The second-order valence-corrected chi connectivity index (χ2v) is 5.56. The zero-order valence-electron chi connectivity index (χ0n) is 13.8. The van der Waals surface area contributed by atoms with Crippen molar-refractivity contribution in [1.29, 1.82) is 0 Å². The number of benzene rings is 2. The maximum Gasteiger partial charge on any atom is 0.168 e. The standard InChI is InChI=1S/C19H17N5O/c1-25-16-9-5-6-14(10-16)11-20-18-17-12-23-24(19(17)22-13-21-18)15-7-3-2-4-8-15/h2-10,12-13H,11H2,1H3,(H,20,21,22). The zero-order valence-corrected chi connectivity index (χ0v) is 13.8. The average molecular weight is 331 g/mol. The lowest BCUT2D eigenvalue weighted by Gasteiger charge is -2.08. The third-order valence-corrected chi connectivity index (χ3v) is 3.96. The van der Waals surface area contributed by atoms with Crippen LogP contribution in [0.1, 0.15) is 5.56 Å². The van der Waals surface area contributed by atoms with E-state index in [2.05, 4.69) is 20.4 Å². The van der Waals surface area contributed by atoms with Crippen LogP contribution in [0.3, 0.4) is 0 Å². The lowest BCUT2D eigenvalue weighted by molar-refractivity contribution is 0.414. The summed E-state index contributed by atoms with van der Waals surface area (Å²) in [6.45, 7) is 0.639. The number of para-hydroxylation sites is 1. The van der Waals surface area contributed by atoms with Gasteiger partial charge in [-0.1, -0.05) is 30.3 Å². The molecule has 6 nitrogen and oxygen atoms in total. The van der Waals surface area contributed by atoms with E-state index in [1.165, 1.54) is 0 Å². The second-order valence-electron chi connectivity index (χ2n) is 5.56. The Hall–Kier alpha value is -3.41. The number of hydrogen-bond acceptors (Lipinski definition) is 5. The fourth-order valence-corrected chi connectivity index (χ4v) is 2.71. The van der Waals surface area contributed by atoms with Gasteiger partial charge in [0.25, 0.3) is 0 Å². The molecule has 2 aromatic heterocycles. The number of methoxy groups -OCH3 is 1. The van der Waals surface area contributed by atoms with Gasteiger partial charge in [-0.3, -0.25) is 0 Å². The van der Waals surface area contributed by atoms with Crippen LogP contribution in [-0.2, 0) is 6.54 Å². The Kier molecular flexibility index (Phi) is 4.00. The Morgan fingerprint density at radius 1 is 1.04 bits per heavy atom. The molecule has 0 bridgehead atoms. The first-order valence-electron chi connectivity index (χ1n) is 7.96. The van der Waals surface area contributed by atoms with Gasteiger partial charge in [-0.25, -0.2) is 14.6 Å². The van der Waals surface area contributed by atoms with Crippen LogP contribution >= 0.6 is 0 Å². The van der Waals surface area contributed by atoms with Crippen molar-refractivity contribution in [1.82, 2.24) is 19.7 Å². The summed E-state index contributed by atoms with van der Waals surface area (Å²) < 4.78 is 7.08. The largest absolute Gasteiger partial charge is 0.497 e. The molecule has 0 saturated heterocycles. The highest BCUT2D eigenvalue weighted by Crippen LogP contribution is 2.22. The van der Waals surface area contributed by atoms with Crippen LogP contribution < -0.4 is 10.1 Å². The third-order valence-electron chi connectivity index (χ3n) is 3.96. The quantitative estimate of drug-likeness (QED) is 0.607. The van der Waals surface area contributed by atoms with E-state index < -0.39 is 0 Å². The Labute approximate surface area is 145 Å². The molecule has 4 rings (SSSR count). The molecule has 4 aromatic rings. The van der Waals surface area contributed by atoms with Crippen LogP contribution in [0.25, 0.3) is 16.7 Å². The number of ether oxygens (including phenoxy) is 1. The number of hydrogen-bond donors (Lipinski definition) is 1. The summed E-state index contributed by atoms with van der Waals surface area (Å²) in [5.41, 5.74) is 2.85. The molecule has 0 unspecified atom stereocenters. The van der Waals surface area contributed by atoms with Crippen LogP contribution in [0, 0.1) is 0 Å². The number of aromatic nitrogens is 4. The molecule has 25 heavy (non-hydrogen) atoms. The summed E-state index contributed by atoms with van der Waals surface area (Å²) in [4.78, 5) is 8.75. The number of anilines is 1. The minimum atomic E-state index is 0.639. The highest BCUT2D eigenvalue weighted by molar-refractivity contribution is 5.87. The van der Waals surface area contributed by atoms with Crippen molar-refractivity contribution in [2.24, 2.45) is 0 Å². The Bertz CT molecular complexity index is 997. The van der Waals surface area contributed by atoms with Gasteiger partial charge >= 0.3 is 0 Å². The first kappa shape index (κ1) is 15.1. The van der Waals surface area contributed by atoms with Crippen LogP contribution in [0.4, 0.5) is 5.82 Å². The lowest BCUT2D eigenvalue weighted by Crippen LogP contribution is -2.03. The van der Waals surface area contributed by atoms with E-state index in [1.807, 2.05) is 59.3 Å². The first-order valence-corrected chi connectivity index (χ1v) is 7.96. The van der Waals surface area contributed by atoms with Gasteiger partial charge in [0.2, 0.25) is 0 Å². The molecule has 2 heterocycles. The number of nitrogens with one attached hydrogen (secondary N) is 1. The predicted octanol–water partition coefficient (Wildman–Crippen LogP) is 3.44. The maximum absolute atomic E-state index is 5.26. The zero-order chi connectivity index (χ0) is 17.1. The fourth-order valence-electron chi connectivity index (χ4n) is 2.71. The summed E-state index contributed by atoms with van der Waals surface area (Å²) in [5.74, 6) is 1.60. The van der Waals surface area contributed by atoms with E-state index in [4.69, 9.17) is 4.74 Å². The van der Waals surface area contributed by atoms with Gasteiger partial charge in [0.1, 0.15) is 17.9 Å². The summed E-state index contributed by atoms with van der Waals surface area (Å²) in [6, 6.07) is 17.9. The third kappa shape index (κ3) is 3.01. The molecule has 0 spiro atoms. The van der Waals surface area contributed by atoms with E-state index in [9.17, 15) is 0 Å². The van der Waals surface area contributed by atoms with Gasteiger partial charge in [0.05, 0.1) is 24.4 Å². The molecule has 124 valence electrons. The SMILES string of the molecule is COc1cccc(CNc2ncnc3c2cnn3-c2ccccc2)c1. The number of fused-ring (bicyclic) bond motifs is 1. The van der Waals surface area contributed by atoms with Gasteiger partial charge in [-0.15, -0.1) is 0 Å². The van der Waals surface area contributed by atoms with Gasteiger partial charge in [0.15, 0.2) is 5.65 Å². The van der Waals surface area contributed by atoms with E-state index in [1.54, 1.807) is 19.6 Å². The second kappa shape index (κ2) is 6.60. The van der Waals surface area contributed by atoms with Crippen LogP contribution in [0.5, 0.6) is 5.75 Å². The number of rotatable bonds is 5. The lowest BCUT2D eigenvalue weighted by atomic mass is 10.2. The van der Waals surface area contributed by atoms with E-state index >= 15 is 0 Å². The Morgan fingerprint density at radius 2 is 1.92 bits per heavy atom. The van der Waals surface area contributed by atoms with Gasteiger partial charge in [-0.05, 0) is 29.8 Å². The number of nitrogens with zero attached hydrogens (tertiary/aromatic N) is 4. The van der Waals surface area contributed by atoms with Crippen LogP contribution in [0.2, 0.25) is 0 Å². The van der Waals surface area contributed by atoms with E-state index in [0.717, 1.165) is 33.9 Å². The first-order chi connectivity index (χ1) is 12.3. The van der Waals surface area contributed by atoms with E-state index in [0.29, 0.717) is 6.54 Å². The van der Waals surface area contributed by atoms with Crippen molar-refractivity contribution in [3.63, 3.8) is 0 Å². The summed E-state index contributed by atoms with van der Waals surface area (Å²) in [7, 11) is 1.67. The topological polar surface area (TPSA) is 64.9 Å². The molecule has 2 aromatic carbocycles. The molecular formula is C19H17N5O. The smallest absolute Gasteiger partial charge is 0.168 e. The molecule has 0 aliphatic rings. The molecule has 0 amide bonds. The minimum absolute atomic E-state index is 0.639. The molecule has 0 aliphatic carbocycles. The summed E-state index contributed by atoms with van der Waals surface area (Å²) >= 11 is 0. The summed E-state index contributed by atoms with van der Waals surface area (Å²) in [6.07, 6.45) is 3.34. The van der Waals surface area contributed by atoms with Crippen molar-refractivity contribution in [2.45, 2.75) is 6.54 Å². The molecular weight excluding hydrogens is 314 g/mol. The van der Waals surface area contributed by atoms with Crippen molar-refractivity contribution >= 4 is 16.9 Å². The van der Waals surface area contributed by atoms with E-state index in [-0.39, 0.29) is 0 Å². The highest BCUT2D eigenvalue weighted by Gasteiger charge is 2.10. The average Bonchev–Trinajstić information content (AvgIpc) is 3.12. The predicted molar refractivity (Wildman–Crippen MR) is 97.0 cm³/mol. The molecule has 6 heteroatoms. The molecule has 1 N–H and O–H groups in total. The molecule has 0 saturated carbocycles. The highest BCUT2D eigenvalue weighted by atomic mass is 16.5. The Balaban J connectivity index is 1.63. The minimum Gasteiger partial charge on any atom is -0.497 e. The maximum atomic E-state index is 5.26. The van der Waals surface area contributed by atoms with Crippen molar-refractivity contribution in [3.05, 3.63) is 72.7 Å². The van der Waals surface area contributed by atoms with Crippen LogP contribution in [-0.4, -0.2) is 26.9 Å². The van der Waals surface area contributed by atoms with Gasteiger partial charge in [-0.2, -0.15) is 5.10 Å². The Morgan fingerprint density at radius 3 is 2.76 bits per heavy atom. The van der Waals surface area contributed by atoms with Crippen molar-refractivity contribution in [2.75, 3.05) is 12.4 Å². The van der Waals surface area contributed by atoms with Crippen LogP contribution in [0.15, 0.2) is 67.1 Å². The van der Waals surface area contributed by atoms with Crippen molar-refractivity contribution in [3.8, 4) is 11.4 Å². The van der Waals surface area contributed by atoms with Crippen molar-refractivity contribution < 1.29 is 4.74 Å². The molecule has 0 atom stereocenters. The normalized spacial score (nSPS) is 10.8. The molecule has 0 fully saturated rings.